The standard InChI is InChI=1S/C9H12N2O5/c10-7(9(13)14)8(12)5-1-3-6(4-2-5)11(15)16/h1-4,7-8,11-12,15H,10H2,(H,13,14)/t7-,8-/m0/s1. The van der Waals surface area contributed by atoms with E-state index in [2.05, 4.69) is 0 Å². The minimum absolute atomic E-state index is 0.0554. The Labute approximate surface area is 90.9 Å². The summed E-state index contributed by atoms with van der Waals surface area (Å²) in [7, 11) is 0. The maximum atomic E-state index is 10.5. The summed E-state index contributed by atoms with van der Waals surface area (Å²) in [4.78, 5) is 10.5. The van der Waals surface area contributed by atoms with Gasteiger partial charge >= 0.3 is 5.97 Å². The van der Waals surface area contributed by atoms with Crippen LogP contribution in [0.2, 0.25) is 0 Å². The summed E-state index contributed by atoms with van der Waals surface area (Å²) in [5, 5.41) is 36.2. The quantitative estimate of drug-likeness (QED) is 0.400. The van der Waals surface area contributed by atoms with Crippen molar-refractivity contribution in [3.05, 3.63) is 35.0 Å². The van der Waals surface area contributed by atoms with Crippen LogP contribution in [0, 0.1) is 5.21 Å². The Bertz CT molecular complexity index is 365. The van der Waals surface area contributed by atoms with Crippen molar-refractivity contribution in [3.8, 4) is 0 Å². The van der Waals surface area contributed by atoms with Crippen LogP contribution in [0.25, 0.3) is 0 Å². The molecule has 0 bridgehead atoms. The molecule has 0 spiro atoms. The van der Waals surface area contributed by atoms with Crippen LogP contribution in [-0.4, -0.2) is 27.4 Å². The van der Waals surface area contributed by atoms with E-state index in [0.717, 1.165) is 0 Å². The fraction of sp³-hybridized carbons (Fsp3) is 0.222. The zero-order chi connectivity index (χ0) is 12.3. The van der Waals surface area contributed by atoms with E-state index >= 15 is 0 Å². The maximum Gasteiger partial charge on any atom is 0.323 e. The summed E-state index contributed by atoms with van der Waals surface area (Å²) in [5.41, 5.74) is 5.54. The van der Waals surface area contributed by atoms with E-state index < -0.39 is 23.3 Å². The molecule has 3 atom stereocenters. The Hall–Kier alpha value is -1.51. The van der Waals surface area contributed by atoms with Crippen LogP contribution in [0.4, 0.5) is 5.69 Å². The fourth-order valence-electron chi connectivity index (χ4n) is 1.17. The van der Waals surface area contributed by atoms with Crippen LogP contribution in [0.1, 0.15) is 11.7 Å². The zero-order valence-electron chi connectivity index (χ0n) is 8.20. The van der Waals surface area contributed by atoms with Gasteiger partial charge in [0.15, 0.2) is 5.69 Å². The molecule has 0 amide bonds. The number of nitrogens with one attached hydrogen (secondary N) is 1. The average Bonchev–Trinajstić information content (AvgIpc) is 2.27. The summed E-state index contributed by atoms with van der Waals surface area (Å²) in [5.74, 6) is -1.32. The van der Waals surface area contributed by atoms with E-state index in [1.165, 1.54) is 24.3 Å². The molecule has 0 aromatic heterocycles. The van der Waals surface area contributed by atoms with Gasteiger partial charge in [0.1, 0.15) is 12.1 Å². The Morgan fingerprint density at radius 3 is 2.25 bits per heavy atom. The molecule has 0 aliphatic carbocycles. The van der Waals surface area contributed by atoms with E-state index in [1.807, 2.05) is 0 Å². The highest BCUT2D eigenvalue weighted by Crippen LogP contribution is 2.17. The summed E-state index contributed by atoms with van der Waals surface area (Å²) >= 11 is 0. The molecule has 6 N–H and O–H groups in total. The molecular formula is C9H12N2O5. The highest BCUT2D eigenvalue weighted by Gasteiger charge is 2.23. The lowest BCUT2D eigenvalue weighted by Crippen LogP contribution is -2.99. The van der Waals surface area contributed by atoms with E-state index in [-0.39, 0.29) is 11.3 Å². The highest BCUT2D eigenvalue weighted by atomic mass is 16.8. The molecule has 16 heavy (non-hydrogen) atoms. The molecule has 0 heterocycles. The van der Waals surface area contributed by atoms with Gasteiger partial charge in [0.2, 0.25) is 0 Å². The van der Waals surface area contributed by atoms with Crippen LogP contribution < -0.4 is 11.0 Å². The first kappa shape index (κ1) is 12.6. The lowest BCUT2D eigenvalue weighted by atomic mass is 10.0. The topological polar surface area (TPSA) is 131 Å². The van der Waals surface area contributed by atoms with E-state index in [1.54, 1.807) is 0 Å². The van der Waals surface area contributed by atoms with Crippen molar-refractivity contribution in [2.45, 2.75) is 12.1 Å². The fourth-order valence-corrected chi connectivity index (χ4v) is 1.17. The summed E-state index contributed by atoms with van der Waals surface area (Å²) in [6.07, 6.45) is -1.36. The predicted molar refractivity (Wildman–Crippen MR) is 52.8 cm³/mol. The molecule has 1 aromatic rings. The van der Waals surface area contributed by atoms with Gasteiger partial charge in [0.05, 0.1) is 0 Å². The van der Waals surface area contributed by atoms with Crippen LogP contribution in [0.5, 0.6) is 0 Å². The monoisotopic (exact) mass is 228 g/mol. The molecule has 1 rings (SSSR count). The van der Waals surface area contributed by atoms with Gasteiger partial charge in [-0.05, 0) is 5.56 Å². The molecule has 88 valence electrons. The molecule has 1 unspecified atom stereocenters. The molecule has 1 aromatic carbocycles. The van der Waals surface area contributed by atoms with E-state index in [9.17, 15) is 15.1 Å². The first-order valence-electron chi connectivity index (χ1n) is 4.43. The zero-order valence-corrected chi connectivity index (χ0v) is 8.20. The summed E-state index contributed by atoms with van der Waals surface area (Å²) < 4.78 is 0. The molecule has 0 aliphatic rings. The van der Waals surface area contributed by atoms with E-state index in [0.29, 0.717) is 0 Å². The largest absolute Gasteiger partial charge is 0.595 e. The second kappa shape index (κ2) is 5.01. The average molecular weight is 228 g/mol. The van der Waals surface area contributed by atoms with Gasteiger partial charge in [-0.2, -0.15) is 5.23 Å². The Kier molecular flexibility index (Phi) is 3.93. The first-order valence-corrected chi connectivity index (χ1v) is 4.43. The minimum atomic E-state index is -1.43. The Morgan fingerprint density at radius 1 is 1.38 bits per heavy atom. The van der Waals surface area contributed by atoms with Crippen LogP contribution in [-0.2, 0) is 4.79 Å². The smallest absolute Gasteiger partial charge is 0.323 e. The van der Waals surface area contributed by atoms with Crippen LogP contribution in [0.3, 0.4) is 0 Å². The molecule has 0 saturated carbocycles. The van der Waals surface area contributed by atoms with Gasteiger partial charge in [-0.3, -0.25) is 4.79 Å². The number of aliphatic hydroxyl groups excluding tert-OH is 1. The second-order valence-corrected chi connectivity index (χ2v) is 3.24. The Morgan fingerprint density at radius 2 is 1.88 bits per heavy atom. The lowest BCUT2D eigenvalue weighted by molar-refractivity contribution is -0.991. The number of quaternary nitrogens is 1. The van der Waals surface area contributed by atoms with Crippen molar-refractivity contribution < 1.29 is 25.4 Å². The number of hydrogen-bond donors (Lipinski definition) is 5. The van der Waals surface area contributed by atoms with Gasteiger partial charge in [-0.25, -0.2) is 5.21 Å². The van der Waals surface area contributed by atoms with Gasteiger partial charge in [0, 0.05) is 12.1 Å². The predicted octanol–water partition coefficient (Wildman–Crippen LogP) is -1.46. The minimum Gasteiger partial charge on any atom is -0.595 e. The molecule has 7 heteroatoms. The molecular weight excluding hydrogens is 216 g/mol. The third-order valence-corrected chi connectivity index (χ3v) is 2.12. The number of benzene rings is 1. The number of aliphatic hydroxyl groups is 1. The van der Waals surface area contributed by atoms with Crippen molar-refractivity contribution in [2.75, 3.05) is 0 Å². The van der Waals surface area contributed by atoms with Gasteiger partial charge in [0.25, 0.3) is 0 Å². The van der Waals surface area contributed by atoms with Crippen LogP contribution in [0.15, 0.2) is 24.3 Å². The summed E-state index contributed by atoms with van der Waals surface area (Å²) in [6, 6.07) is 3.77. The number of carboxylic acids is 1. The molecule has 0 saturated heterocycles. The van der Waals surface area contributed by atoms with Crippen LogP contribution >= 0.6 is 0 Å². The first-order chi connectivity index (χ1) is 7.43. The normalized spacial score (nSPS) is 16.5. The lowest BCUT2D eigenvalue weighted by Gasteiger charge is -2.16. The number of hydrogen-bond acceptors (Lipinski definition) is 5. The summed E-state index contributed by atoms with van der Waals surface area (Å²) in [6.45, 7) is 0. The van der Waals surface area contributed by atoms with Crippen molar-refractivity contribution in [1.82, 2.24) is 0 Å². The number of carboxylic acid groups (broad SMARTS) is 1. The van der Waals surface area contributed by atoms with Crippen molar-refractivity contribution in [2.24, 2.45) is 5.73 Å². The van der Waals surface area contributed by atoms with E-state index in [4.69, 9.17) is 16.0 Å². The SMILES string of the molecule is N[C@H](C(=O)O)[C@@H](O)c1ccc([NH+]([O-])O)cc1. The number of nitrogens with two attached hydrogens (primary N) is 1. The number of carbonyl (C=O) groups is 1. The van der Waals surface area contributed by atoms with Gasteiger partial charge in [-0.15, -0.1) is 0 Å². The highest BCUT2D eigenvalue weighted by molar-refractivity contribution is 5.74. The molecule has 0 radical (unpaired) electrons. The van der Waals surface area contributed by atoms with Crippen molar-refractivity contribution in [3.63, 3.8) is 0 Å². The number of rotatable bonds is 4. The third kappa shape index (κ3) is 2.75. The van der Waals surface area contributed by atoms with Gasteiger partial charge in [-0.1, -0.05) is 12.1 Å². The third-order valence-electron chi connectivity index (χ3n) is 2.12. The van der Waals surface area contributed by atoms with Crippen molar-refractivity contribution >= 4 is 11.7 Å². The molecule has 0 aliphatic heterocycles. The number of aliphatic carboxylic acids is 1. The van der Waals surface area contributed by atoms with Gasteiger partial charge < -0.3 is 21.2 Å². The maximum absolute atomic E-state index is 10.5. The molecule has 0 fully saturated rings. The Balaban J connectivity index is 2.85. The second-order valence-electron chi connectivity index (χ2n) is 3.24. The molecule has 7 nitrogen and oxygen atoms in total. The van der Waals surface area contributed by atoms with Crippen molar-refractivity contribution in [1.29, 1.82) is 0 Å².